The first kappa shape index (κ1) is 15.7. The molecule has 1 aliphatic carbocycles. The van der Waals surface area contributed by atoms with Crippen LogP contribution in [-0.4, -0.2) is 26.1 Å². The Morgan fingerprint density at radius 1 is 1.43 bits per heavy atom. The van der Waals surface area contributed by atoms with Crippen molar-refractivity contribution >= 4 is 27.3 Å². The molecule has 0 unspecified atom stereocenters. The number of benzene rings is 1. The molecular weight excluding hydrogens is 297 g/mol. The number of anilines is 2. The average molecular weight is 315 g/mol. The molecule has 21 heavy (non-hydrogen) atoms. The van der Waals surface area contributed by atoms with Crippen LogP contribution in [0.1, 0.15) is 25.7 Å². The standard InChI is InChI=1S/C13H18FN3O3S/c1-21(19,20)17-11-7-9(3-4-10(11)14)16-12(18)8-13(15)5-2-6-13/h3-4,7,17H,2,5-6,8,15H2,1H3,(H,16,18). The minimum atomic E-state index is -3.59. The first-order chi connectivity index (χ1) is 9.67. The number of halogens is 1. The molecule has 0 saturated heterocycles. The van der Waals surface area contributed by atoms with Crippen molar-refractivity contribution in [2.24, 2.45) is 5.73 Å². The van der Waals surface area contributed by atoms with Gasteiger partial charge in [0.05, 0.1) is 11.9 Å². The molecule has 0 spiro atoms. The maximum absolute atomic E-state index is 13.5. The molecular formula is C13H18FN3O3S. The lowest BCUT2D eigenvalue weighted by Crippen LogP contribution is -2.48. The third-order valence-electron chi connectivity index (χ3n) is 3.41. The lowest BCUT2D eigenvalue weighted by molar-refractivity contribution is -0.118. The Morgan fingerprint density at radius 3 is 2.62 bits per heavy atom. The topological polar surface area (TPSA) is 101 Å². The molecule has 8 heteroatoms. The number of nitrogens with one attached hydrogen (secondary N) is 2. The van der Waals surface area contributed by atoms with Crippen LogP contribution in [0, 0.1) is 5.82 Å². The fourth-order valence-electron chi connectivity index (χ4n) is 2.21. The monoisotopic (exact) mass is 315 g/mol. The Kier molecular flexibility index (Phi) is 4.20. The van der Waals surface area contributed by atoms with Gasteiger partial charge in [0.25, 0.3) is 0 Å². The summed E-state index contributed by atoms with van der Waals surface area (Å²) in [5, 5.41) is 2.60. The number of amides is 1. The fraction of sp³-hybridized carbons (Fsp3) is 0.462. The number of carbonyl (C=O) groups is 1. The lowest BCUT2D eigenvalue weighted by atomic mass is 9.75. The van der Waals surface area contributed by atoms with Crippen LogP contribution in [0.3, 0.4) is 0 Å². The van der Waals surface area contributed by atoms with Crippen LogP contribution >= 0.6 is 0 Å². The van der Waals surface area contributed by atoms with Crippen molar-refractivity contribution in [3.8, 4) is 0 Å². The molecule has 6 nitrogen and oxygen atoms in total. The second-order valence-electron chi connectivity index (χ2n) is 5.51. The summed E-state index contributed by atoms with van der Waals surface area (Å²) >= 11 is 0. The van der Waals surface area contributed by atoms with Gasteiger partial charge in [-0.15, -0.1) is 0 Å². The van der Waals surface area contributed by atoms with E-state index in [1.165, 1.54) is 12.1 Å². The minimum absolute atomic E-state index is 0.194. The maximum atomic E-state index is 13.5. The largest absolute Gasteiger partial charge is 0.326 e. The average Bonchev–Trinajstić information content (AvgIpc) is 2.29. The fourth-order valence-corrected chi connectivity index (χ4v) is 2.77. The quantitative estimate of drug-likeness (QED) is 0.764. The molecule has 0 aliphatic heterocycles. The van der Waals surface area contributed by atoms with Crippen LogP contribution in [0.25, 0.3) is 0 Å². The zero-order valence-corrected chi connectivity index (χ0v) is 12.5. The molecule has 1 aliphatic rings. The van der Waals surface area contributed by atoms with E-state index in [4.69, 9.17) is 5.73 Å². The number of carbonyl (C=O) groups excluding carboxylic acids is 1. The Bertz CT molecular complexity index is 657. The molecule has 1 saturated carbocycles. The van der Waals surface area contributed by atoms with Crippen LogP contribution in [0.5, 0.6) is 0 Å². The van der Waals surface area contributed by atoms with Gasteiger partial charge >= 0.3 is 0 Å². The van der Waals surface area contributed by atoms with E-state index in [-0.39, 0.29) is 18.0 Å². The van der Waals surface area contributed by atoms with Gasteiger partial charge in [0, 0.05) is 17.6 Å². The molecule has 1 aromatic rings. The number of nitrogens with two attached hydrogens (primary N) is 1. The Labute approximate surface area is 123 Å². The first-order valence-corrected chi connectivity index (χ1v) is 8.42. The third-order valence-corrected chi connectivity index (χ3v) is 4.00. The highest BCUT2D eigenvalue weighted by molar-refractivity contribution is 7.92. The van der Waals surface area contributed by atoms with Crippen LogP contribution in [0.15, 0.2) is 18.2 Å². The van der Waals surface area contributed by atoms with Gasteiger partial charge in [-0.2, -0.15) is 0 Å². The van der Waals surface area contributed by atoms with Crippen molar-refractivity contribution in [2.45, 2.75) is 31.2 Å². The van der Waals surface area contributed by atoms with Gasteiger partial charge in [-0.05, 0) is 37.5 Å². The molecule has 2 rings (SSSR count). The maximum Gasteiger partial charge on any atom is 0.229 e. The molecule has 116 valence electrons. The van der Waals surface area contributed by atoms with Crippen molar-refractivity contribution < 1.29 is 17.6 Å². The summed E-state index contributed by atoms with van der Waals surface area (Å²) in [6.07, 6.45) is 3.75. The molecule has 1 amide bonds. The van der Waals surface area contributed by atoms with Gasteiger partial charge in [-0.1, -0.05) is 0 Å². The molecule has 1 aromatic carbocycles. The first-order valence-electron chi connectivity index (χ1n) is 6.53. The highest BCUT2D eigenvalue weighted by Gasteiger charge is 2.34. The van der Waals surface area contributed by atoms with E-state index >= 15 is 0 Å². The van der Waals surface area contributed by atoms with E-state index in [9.17, 15) is 17.6 Å². The van der Waals surface area contributed by atoms with Crippen molar-refractivity contribution in [1.29, 1.82) is 0 Å². The summed E-state index contributed by atoms with van der Waals surface area (Å²) in [5.74, 6) is -0.984. The van der Waals surface area contributed by atoms with Crippen molar-refractivity contribution in [3.63, 3.8) is 0 Å². The second kappa shape index (κ2) is 5.61. The number of rotatable bonds is 5. The van der Waals surface area contributed by atoms with Gasteiger partial charge in [0.15, 0.2) is 0 Å². The van der Waals surface area contributed by atoms with Gasteiger partial charge in [-0.3, -0.25) is 9.52 Å². The molecule has 0 aromatic heterocycles. The Morgan fingerprint density at radius 2 is 2.10 bits per heavy atom. The van der Waals surface area contributed by atoms with E-state index in [0.717, 1.165) is 31.6 Å². The molecule has 0 bridgehead atoms. The summed E-state index contributed by atoms with van der Waals surface area (Å²) in [4.78, 5) is 11.9. The highest BCUT2D eigenvalue weighted by atomic mass is 32.2. The summed E-state index contributed by atoms with van der Waals surface area (Å²) in [5.41, 5.74) is 5.64. The molecule has 0 heterocycles. The van der Waals surface area contributed by atoms with E-state index in [0.29, 0.717) is 5.69 Å². The predicted molar refractivity (Wildman–Crippen MR) is 78.9 cm³/mol. The van der Waals surface area contributed by atoms with Gasteiger partial charge in [-0.25, -0.2) is 12.8 Å². The summed E-state index contributed by atoms with van der Waals surface area (Å²) in [6, 6.07) is 3.69. The number of sulfonamides is 1. The van der Waals surface area contributed by atoms with Gasteiger partial charge in [0.1, 0.15) is 5.82 Å². The lowest BCUT2D eigenvalue weighted by Gasteiger charge is -2.37. The Balaban J connectivity index is 2.06. The minimum Gasteiger partial charge on any atom is -0.326 e. The van der Waals surface area contributed by atoms with Gasteiger partial charge in [0.2, 0.25) is 15.9 Å². The number of hydrogen-bond acceptors (Lipinski definition) is 4. The molecule has 0 radical (unpaired) electrons. The Hall–Kier alpha value is -1.67. The van der Waals surface area contributed by atoms with E-state index in [1.54, 1.807) is 0 Å². The zero-order valence-electron chi connectivity index (χ0n) is 11.6. The van der Waals surface area contributed by atoms with Gasteiger partial charge < -0.3 is 11.1 Å². The van der Waals surface area contributed by atoms with Crippen LogP contribution < -0.4 is 15.8 Å². The number of hydrogen-bond donors (Lipinski definition) is 3. The summed E-state index contributed by atoms with van der Waals surface area (Å²) < 4.78 is 37.8. The van der Waals surface area contributed by atoms with E-state index < -0.39 is 21.4 Å². The SMILES string of the molecule is CS(=O)(=O)Nc1cc(NC(=O)CC2(N)CCC2)ccc1F. The third kappa shape index (κ3) is 4.40. The van der Waals surface area contributed by atoms with Crippen molar-refractivity contribution in [3.05, 3.63) is 24.0 Å². The normalized spacial score (nSPS) is 16.9. The van der Waals surface area contributed by atoms with E-state index in [2.05, 4.69) is 10.0 Å². The predicted octanol–water partition coefficient (Wildman–Crippen LogP) is 1.41. The molecule has 4 N–H and O–H groups in total. The summed E-state index contributed by atoms with van der Waals surface area (Å²) in [6.45, 7) is 0. The highest BCUT2D eigenvalue weighted by Crippen LogP contribution is 2.32. The van der Waals surface area contributed by atoms with Crippen molar-refractivity contribution in [2.75, 3.05) is 16.3 Å². The molecule has 0 atom stereocenters. The van der Waals surface area contributed by atoms with Crippen LogP contribution in [0.4, 0.5) is 15.8 Å². The summed E-state index contributed by atoms with van der Waals surface area (Å²) in [7, 11) is -3.59. The van der Waals surface area contributed by atoms with Crippen LogP contribution in [0.2, 0.25) is 0 Å². The molecule has 1 fully saturated rings. The van der Waals surface area contributed by atoms with Crippen LogP contribution in [-0.2, 0) is 14.8 Å². The van der Waals surface area contributed by atoms with E-state index in [1.807, 2.05) is 0 Å². The smallest absolute Gasteiger partial charge is 0.229 e. The van der Waals surface area contributed by atoms with Crippen molar-refractivity contribution in [1.82, 2.24) is 0 Å². The second-order valence-corrected chi connectivity index (χ2v) is 7.26. The zero-order chi connectivity index (χ0) is 15.7.